The number of furan rings is 1. The van der Waals surface area contributed by atoms with Crippen molar-refractivity contribution in [3.8, 4) is 11.5 Å². The maximum Gasteiger partial charge on any atom is 0.257 e. The van der Waals surface area contributed by atoms with Gasteiger partial charge in [0.1, 0.15) is 5.69 Å². The highest BCUT2D eigenvalue weighted by molar-refractivity contribution is 7.83. The number of rotatable bonds is 5. The van der Waals surface area contributed by atoms with Crippen LogP contribution in [0.1, 0.15) is 21.6 Å². The number of pyridine rings is 1. The lowest BCUT2D eigenvalue weighted by molar-refractivity contribution is 0.102. The molecule has 1 amide bonds. The first-order valence-corrected chi connectivity index (χ1v) is 9.96. The first-order valence-electron chi connectivity index (χ1n) is 7.85. The average Bonchev–Trinajstić information content (AvgIpc) is 3.12. The molecule has 1 aromatic carbocycles. The minimum Gasteiger partial charge on any atom is -0.463 e. The van der Waals surface area contributed by atoms with Gasteiger partial charge in [0.15, 0.2) is 5.76 Å². The molecule has 3 rings (SSSR count). The summed E-state index contributed by atoms with van der Waals surface area (Å²) in [5, 5.41) is 3.36. The molecule has 0 fully saturated rings. The summed E-state index contributed by atoms with van der Waals surface area (Å²) in [5.74, 6) is 0.711. The number of benzene rings is 1. The third-order valence-electron chi connectivity index (χ3n) is 3.77. The summed E-state index contributed by atoms with van der Waals surface area (Å²) >= 11 is 6.12. The number of hydrogen-bond donors (Lipinski definition) is 1. The zero-order chi connectivity index (χ0) is 18.7. The van der Waals surface area contributed by atoms with Crippen molar-refractivity contribution in [2.75, 3.05) is 11.6 Å². The van der Waals surface area contributed by atoms with Gasteiger partial charge in [0, 0.05) is 33.5 Å². The van der Waals surface area contributed by atoms with Crippen molar-refractivity contribution in [3.05, 3.63) is 70.6 Å². The lowest BCUT2D eigenvalue weighted by atomic mass is 10.1. The van der Waals surface area contributed by atoms with E-state index >= 15 is 0 Å². The van der Waals surface area contributed by atoms with Crippen LogP contribution >= 0.6 is 11.6 Å². The van der Waals surface area contributed by atoms with Gasteiger partial charge in [-0.25, -0.2) is 4.98 Å². The Morgan fingerprint density at radius 3 is 2.73 bits per heavy atom. The normalized spacial score (nSPS) is 12.0. The molecule has 1 N–H and O–H groups in total. The molecule has 5 nitrogen and oxygen atoms in total. The molecule has 0 spiro atoms. The maximum absolute atomic E-state index is 12.6. The molecule has 2 heterocycles. The first kappa shape index (κ1) is 18.4. The molecule has 7 heteroatoms. The van der Waals surface area contributed by atoms with Crippen LogP contribution in [-0.4, -0.2) is 21.4 Å². The lowest BCUT2D eigenvalue weighted by Gasteiger charge is -2.10. The third-order valence-corrected chi connectivity index (χ3v) is 4.85. The topological polar surface area (TPSA) is 72.2 Å². The van der Waals surface area contributed by atoms with E-state index in [-0.39, 0.29) is 5.91 Å². The molecule has 0 aliphatic rings. The van der Waals surface area contributed by atoms with Crippen LogP contribution in [0.4, 0.5) is 5.69 Å². The number of halogens is 1. The average molecular weight is 389 g/mol. The number of carbonyl (C=O) groups is 1. The number of aromatic nitrogens is 1. The van der Waals surface area contributed by atoms with Gasteiger partial charge < -0.3 is 9.73 Å². The number of amides is 1. The molecule has 0 bridgehead atoms. The van der Waals surface area contributed by atoms with E-state index in [0.29, 0.717) is 39.2 Å². The van der Waals surface area contributed by atoms with Gasteiger partial charge >= 0.3 is 0 Å². The van der Waals surface area contributed by atoms with E-state index in [2.05, 4.69) is 10.3 Å². The van der Waals surface area contributed by atoms with Crippen molar-refractivity contribution < 1.29 is 13.4 Å². The summed E-state index contributed by atoms with van der Waals surface area (Å²) in [6, 6.07) is 12.2. The van der Waals surface area contributed by atoms with E-state index in [9.17, 15) is 9.00 Å². The number of nitrogens with one attached hydrogen (secondary N) is 1. The summed E-state index contributed by atoms with van der Waals surface area (Å²) in [6.45, 7) is 1.77. The van der Waals surface area contributed by atoms with Crippen molar-refractivity contribution >= 4 is 34.0 Å². The van der Waals surface area contributed by atoms with Crippen molar-refractivity contribution in [1.29, 1.82) is 0 Å². The largest absolute Gasteiger partial charge is 0.463 e. The van der Waals surface area contributed by atoms with Crippen LogP contribution in [0.15, 0.2) is 53.1 Å². The Balaban J connectivity index is 1.81. The van der Waals surface area contributed by atoms with Crippen LogP contribution < -0.4 is 5.32 Å². The van der Waals surface area contributed by atoms with E-state index < -0.39 is 10.8 Å². The highest BCUT2D eigenvalue weighted by atomic mass is 35.5. The second-order valence-electron chi connectivity index (χ2n) is 5.78. The van der Waals surface area contributed by atoms with Gasteiger partial charge in [-0.15, -0.1) is 0 Å². The number of carbonyl (C=O) groups excluding carboxylic acids is 1. The van der Waals surface area contributed by atoms with Gasteiger partial charge in [-0.05, 0) is 55.0 Å². The SMILES string of the molecule is Cc1nc(-c2ccco2)ccc1C(=O)Nc1ccc(Cl)c(C[S@](C)=O)c1. The van der Waals surface area contributed by atoms with Gasteiger partial charge in [0.25, 0.3) is 5.91 Å². The van der Waals surface area contributed by atoms with Gasteiger partial charge in [-0.2, -0.15) is 0 Å². The standard InChI is InChI=1S/C19H17ClN2O3S/c1-12-15(6-8-17(21-12)18-4-3-9-25-18)19(23)22-14-5-7-16(20)13(10-14)11-26(2)24/h3-10H,11H2,1-2H3,(H,22,23)/t26-/m0/s1. The molecule has 134 valence electrons. The van der Waals surface area contributed by atoms with Gasteiger partial charge in [0.2, 0.25) is 0 Å². The van der Waals surface area contributed by atoms with Crippen molar-refractivity contribution in [1.82, 2.24) is 4.98 Å². The number of aryl methyl sites for hydroxylation is 1. The summed E-state index contributed by atoms with van der Waals surface area (Å²) in [4.78, 5) is 17.0. The quantitative estimate of drug-likeness (QED) is 0.701. The lowest BCUT2D eigenvalue weighted by Crippen LogP contribution is -2.14. The first-order chi connectivity index (χ1) is 12.4. The van der Waals surface area contributed by atoms with E-state index in [1.165, 1.54) is 0 Å². The highest BCUT2D eigenvalue weighted by Gasteiger charge is 2.13. The summed E-state index contributed by atoms with van der Waals surface area (Å²) in [5.41, 5.74) is 3.06. The van der Waals surface area contributed by atoms with Gasteiger partial charge in [-0.1, -0.05) is 11.6 Å². The summed E-state index contributed by atoms with van der Waals surface area (Å²) in [7, 11) is -1.02. The van der Waals surface area contributed by atoms with Crippen LogP contribution in [-0.2, 0) is 16.6 Å². The van der Waals surface area contributed by atoms with Crippen LogP contribution in [0, 0.1) is 6.92 Å². The molecule has 0 unspecified atom stereocenters. The summed E-state index contributed by atoms with van der Waals surface area (Å²) < 4.78 is 16.8. The predicted molar refractivity (Wildman–Crippen MR) is 104 cm³/mol. The van der Waals surface area contributed by atoms with E-state index in [0.717, 1.165) is 5.56 Å². The Morgan fingerprint density at radius 1 is 1.27 bits per heavy atom. The van der Waals surface area contributed by atoms with Crippen molar-refractivity contribution in [3.63, 3.8) is 0 Å². The van der Waals surface area contributed by atoms with Gasteiger partial charge in [-0.3, -0.25) is 9.00 Å². The van der Waals surface area contributed by atoms with Crippen LogP contribution in [0.3, 0.4) is 0 Å². The molecule has 26 heavy (non-hydrogen) atoms. The van der Waals surface area contributed by atoms with Crippen LogP contribution in [0.5, 0.6) is 0 Å². The molecule has 2 aromatic heterocycles. The fourth-order valence-corrected chi connectivity index (χ4v) is 3.48. The minimum absolute atomic E-state index is 0.271. The monoisotopic (exact) mass is 388 g/mol. The summed E-state index contributed by atoms with van der Waals surface area (Å²) in [6.07, 6.45) is 3.19. The Hall–Kier alpha value is -2.44. The molecular weight excluding hydrogens is 372 g/mol. The molecular formula is C19H17ClN2O3S. The predicted octanol–water partition coefficient (Wildman–Crippen LogP) is 4.43. The minimum atomic E-state index is -1.02. The van der Waals surface area contributed by atoms with E-state index in [1.807, 2.05) is 6.07 Å². The second kappa shape index (κ2) is 7.85. The second-order valence-corrected chi connectivity index (χ2v) is 7.63. The molecule has 0 aliphatic heterocycles. The molecule has 0 aliphatic carbocycles. The van der Waals surface area contributed by atoms with Gasteiger partial charge in [0.05, 0.1) is 17.5 Å². The Morgan fingerprint density at radius 2 is 2.08 bits per heavy atom. The van der Waals surface area contributed by atoms with E-state index in [4.69, 9.17) is 16.0 Å². The number of hydrogen-bond acceptors (Lipinski definition) is 4. The number of anilines is 1. The zero-order valence-electron chi connectivity index (χ0n) is 14.3. The Labute approximate surface area is 158 Å². The van der Waals surface area contributed by atoms with E-state index in [1.54, 1.807) is 55.8 Å². The van der Waals surface area contributed by atoms with Crippen LogP contribution in [0.25, 0.3) is 11.5 Å². The van der Waals surface area contributed by atoms with Crippen molar-refractivity contribution in [2.45, 2.75) is 12.7 Å². The molecule has 0 saturated heterocycles. The fraction of sp³-hybridized carbons (Fsp3) is 0.158. The maximum atomic E-state index is 12.6. The number of nitrogens with zero attached hydrogens (tertiary/aromatic N) is 1. The van der Waals surface area contributed by atoms with Crippen LogP contribution in [0.2, 0.25) is 5.02 Å². The Bertz CT molecular complexity index is 971. The molecule has 3 aromatic rings. The highest BCUT2D eigenvalue weighted by Crippen LogP contribution is 2.23. The zero-order valence-corrected chi connectivity index (χ0v) is 15.9. The smallest absolute Gasteiger partial charge is 0.257 e. The third kappa shape index (κ3) is 4.20. The molecule has 0 radical (unpaired) electrons. The Kier molecular flexibility index (Phi) is 5.54. The molecule has 0 saturated carbocycles. The fourth-order valence-electron chi connectivity index (χ4n) is 2.54. The molecule has 1 atom stereocenters. The van der Waals surface area contributed by atoms with Crippen molar-refractivity contribution in [2.24, 2.45) is 0 Å².